The van der Waals surface area contributed by atoms with Crippen molar-refractivity contribution in [2.45, 2.75) is 6.18 Å². The molecule has 0 saturated carbocycles. The summed E-state index contributed by atoms with van der Waals surface area (Å²) < 4.78 is 37.8. The minimum absolute atomic E-state index is 0.297. The van der Waals surface area contributed by atoms with Crippen LogP contribution in [0.4, 0.5) is 18.9 Å². The predicted octanol–water partition coefficient (Wildman–Crippen LogP) is 3.01. The van der Waals surface area contributed by atoms with Crippen LogP contribution in [0.3, 0.4) is 0 Å². The van der Waals surface area contributed by atoms with Crippen molar-refractivity contribution in [3.63, 3.8) is 0 Å². The van der Waals surface area contributed by atoms with E-state index in [2.05, 4.69) is 0 Å². The fourth-order valence-corrected chi connectivity index (χ4v) is 3.00. The van der Waals surface area contributed by atoms with E-state index in [4.69, 9.17) is 11.6 Å². The van der Waals surface area contributed by atoms with Crippen LogP contribution < -0.4 is 10.5 Å². The van der Waals surface area contributed by atoms with Gasteiger partial charge in [0.2, 0.25) is 0 Å². The first-order chi connectivity index (χ1) is 12.3. The average Bonchev–Trinajstić information content (AvgIpc) is 2.60. The molecule has 2 heterocycles. The summed E-state index contributed by atoms with van der Waals surface area (Å²) in [5.74, 6) is -0.578. The molecular weight excluding hydrogens is 371 g/mol. The summed E-state index contributed by atoms with van der Waals surface area (Å²) in [5.41, 5.74) is -1.59. The minimum Gasteiger partial charge on any atom is -0.368 e. The number of H-pyrrole nitrogens is 1. The third kappa shape index (κ3) is 3.85. The van der Waals surface area contributed by atoms with Gasteiger partial charge >= 0.3 is 6.18 Å². The maximum atomic E-state index is 12.6. The van der Waals surface area contributed by atoms with E-state index in [0.29, 0.717) is 37.3 Å². The van der Waals surface area contributed by atoms with Crippen molar-refractivity contribution in [2.75, 3.05) is 31.1 Å². The molecule has 0 bridgehead atoms. The number of hydrogen-bond donors (Lipinski definition) is 1. The van der Waals surface area contributed by atoms with E-state index < -0.39 is 23.3 Å². The largest absolute Gasteiger partial charge is 0.431 e. The van der Waals surface area contributed by atoms with Gasteiger partial charge in [0, 0.05) is 36.9 Å². The van der Waals surface area contributed by atoms with Crippen molar-refractivity contribution in [3.8, 4) is 0 Å². The van der Waals surface area contributed by atoms with Crippen LogP contribution in [-0.2, 0) is 6.18 Å². The highest BCUT2D eigenvalue weighted by molar-refractivity contribution is 6.30. The number of alkyl halides is 3. The Bertz CT molecular complexity index is 874. The molecule has 5 nitrogen and oxygen atoms in total. The smallest absolute Gasteiger partial charge is 0.368 e. The number of carbonyl (C=O) groups is 1. The number of amides is 1. The van der Waals surface area contributed by atoms with Crippen molar-refractivity contribution < 1.29 is 18.0 Å². The van der Waals surface area contributed by atoms with Gasteiger partial charge in [0.1, 0.15) is 11.3 Å². The first kappa shape index (κ1) is 18.3. The molecular formula is C17H15ClF3N3O2. The number of anilines is 1. The highest BCUT2D eigenvalue weighted by atomic mass is 35.5. The van der Waals surface area contributed by atoms with Crippen molar-refractivity contribution in [3.05, 3.63) is 63.0 Å². The fourth-order valence-electron chi connectivity index (χ4n) is 2.82. The quantitative estimate of drug-likeness (QED) is 0.864. The molecule has 0 aliphatic carbocycles. The maximum absolute atomic E-state index is 12.6. The van der Waals surface area contributed by atoms with E-state index in [-0.39, 0.29) is 5.56 Å². The van der Waals surface area contributed by atoms with Crippen LogP contribution in [-0.4, -0.2) is 42.0 Å². The van der Waals surface area contributed by atoms with E-state index in [9.17, 15) is 22.8 Å². The van der Waals surface area contributed by atoms with Crippen LogP contribution in [0, 0.1) is 0 Å². The van der Waals surface area contributed by atoms with E-state index in [0.717, 1.165) is 11.8 Å². The van der Waals surface area contributed by atoms with E-state index in [1.807, 2.05) is 23.1 Å². The normalized spacial score (nSPS) is 15.2. The molecule has 0 atom stereocenters. The molecule has 1 aromatic carbocycles. The van der Waals surface area contributed by atoms with Crippen LogP contribution in [0.5, 0.6) is 0 Å². The predicted molar refractivity (Wildman–Crippen MR) is 91.6 cm³/mol. The molecule has 1 amide bonds. The van der Waals surface area contributed by atoms with Crippen LogP contribution in [0.25, 0.3) is 0 Å². The molecule has 1 N–H and O–H groups in total. The van der Waals surface area contributed by atoms with Crippen molar-refractivity contribution in [1.29, 1.82) is 0 Å². The first-order valence-corrected chi connectivity index (χ1v) is 8.24. The van der Waals surface area contributed by atoms with E-state index in [1.54, 1.807) is 11.1 Å². The number of aromatic nitrogens is 1. The van der Waals surface area contributed by atoms with Gasteiger partial charge in [0.25, 0.3) is 11.5 Å². The SMILES string of the molecule is O=C(c1ccc(C(F)(F)F)[nH]c1=O)N1CCN(c2cccc(Cl)c2)CC1. The Morgan fingerprint density at radius 2 is 1.77 bits per heavy atom. The Morgan fingerprint density at radius 1 is 1.08 bits per heavy atom. The zero-order chi connectivity index (χ0) is 18.9. The van der Waals surface area contributed by atoms with E-state index in [1.165, 1.54) is 4.90 Å². The summed E-state index contributed by atoms with van der Waals surface area (Å²) in [6.07, 6.45) is -4.66. The summed E-state index contributed by atoms with van der Waals surface area (Å²) in [4.78, 5) is 29.6. The minimum atomic E-state index is -4.66. The standard InChI is InChI=1S/C17H15ClF3N3O2/c18-11-2-1-3-12(10-11)23-6-8-24(9-7-23)16(26)13-4-5-14(17(19,20)21)22-15(13)25/h1-5,10H,6-9H2,(H,22,25). The summed E-state index contributed by atoms with van der Waals surface area (Å²) in [7, 11) is 0. The van der Waals surface area contributed by atoms with Gasteiger partial charge in [-0.15, -0.1) is 0 Å². The summed E-state index contributed by atoms with van der Waals surface area (Å²) in [6.45, 7) is 1.77. The van der Waals surface area contributed by atoms with Crippen LogP contribution in [0.2, 0.25) is 5.02 Å². The lowest BCUT2D eigenvalue weighted by molar-refractivity contribution is -0.141. The highest BCUT2D eigenvalue weighted by Gasteiger charge is 2.33. The second kappa shape index (κ2) is 7.03. The Balaban J connectivity index is 1.70. The molecule has 2 aromatic rings. The molecule has 26 heavy (non-hydrogen) atoms. The number of aromatic amines is 1. The molecule has 0 spiro atoms. The topological polar surface area (TPSA) is 56.4 Å². The third-order valence-electron chi connectivity index (χ3n) is 4.19. The Morgan fingerprint density at radius 3 is 2.35 bits per heavy atom. The van der Waals surface area contributed by atoms with Gasteiger partial charge in [-0.25, -0.2) is 0 Å². The molecule has 1 aromatic heterocycles. The molecule has 1 aliphatic rings. The van der Waals surface area contributed by atoms with Crippen molar-refractivity contribution >= 4 is 23.2 Å². The molecule has 0 radical (unpaired) electrons. The number of carbonyl (C=O) groups excluding carboxylic acids is 1. The lowest BCUT2D eigenvalue weighted by atomic mass is 10.2. The van der Waals surface area contributed by atoms with Gasteiger partial charge in [-0.2, -0.15) is 13.2 Å². The van der Waals surface area contributed by atoms with Gasteiger partial charge in [-0.3, -0.25) is 9.59 Å². The summed E-state index contributed by atoms with van der Waals surface area (Å²) in [5, 5.41) is 0.609. The zero-order valence-corrected chi connectivity index (χ0v) is 14.3. The Kier molecular flexibility index (Phi) is 4.95. The van der Waals surface area contributed by atoms with Crippen LogP contribution in [0.15, 0.2) is 41.2 Å². The molecule has 1 aliphatic heterocycles. The lowest BCUT2D eigenvalue weighted by Gasteiger charge is -2.36. The molecule has 1 saturated heterocycles. The van der Waals surface area contributed by atoms with Gasteiger partial charge in [0.15, 0.2) is 0 Å². The molecule has 3 rings (SSSR count). The Labute approximate surface area is 152 Å². The number of halogens is 4. The van der Waals surface area contributed by atoms with Gasteiger partial charge in [0.05, 0.1) is 0 Å². The summed E-state index contributed by atoms with van der Waals surface area (Å²) in [6, 6.07) is 8.95. The highest BCUT2D eigenvalue weighted by Crippen LogP contribution is 2.26. The van der Waals surface area contributed by atoms with Crippen molar-refractivity contribution in [1.82, 2.24) is 9.88 Å². The first-order valence-electron chi connectivity index (χ1n) is 7.86. The zero-order valence-electron chi connectivity index (χ0n) is 13.5. The monoisotopic (exact) mass is 385 g/mol. The number of benzene rings is 1. The number of nitrogens with zero attached hydrogens (tertiary/aromatic N) is 2. The van der Waals surface area contributed by atoms with Gasteiger partial charge < -0.3 is 14.8 Å². The molecule has 9 heteroatoms. The lowest BCUT2D eigenvalue weighted by Crippen LogP contribution is -2.49. The Hall–Kier alpha value is -2.48. The molecule has 0 unspecified atom stereocenters. The van der Waals surface area contributed by atoms with E-state index >= 15 is 0 Å². The molecule has 138 valence electrons. The third-order valence-corrected chi connectivity index (χ3v) is 4.42. The number of nitrogens with one attached hydrogen (secondary N) is 1. The number of piperazine rings is 1. The number of pyridine rings is 1. The van der Waals surface area contributed by atoms with Gasteiger partial charge in [-0.05, 0) is 30.3 Å². The van der Waals surface area contributed by atoms with Gasteiger partial charge in [-0.1, -0.05) is 17.7 Å². The maximum Gasteiger partial charge on any atom is 0.431 e. The van der Waals surface area contributed by atoms with Crippen molar-refractivity contribution in [2.24, 2.45) is 0 Å². The number of hydrogen-bond acceptors (Lipinski definition) is 3. The fraction of sp³-hybridized carbons (Fsp3) is 0.294. The van der Waals surface area contributed by atoms with Crippen LogP contribution >= 0.6 is 11.6 Å². The average molecular weight is 386 g/mol. The second-order valence-corrected chi connectivity index (χ2v) is 6.31. The second-order valence-electron chi connectivity index (χ2n) is 5.87. The number of rotatable bonds is 2. The van der Waals surface area contributed by atoms with Crippen LogP contribution in [0.1, 0.15) is 16.1 Å². The molecule has 1 fully saturated rings. The summed E-state index contributed by atoms with van der Waals surface area (Å²) >= 11 is 5.98.